The third-order valence-corrected chi connectivity index (χ3v) is 3.67. The molecule has 3 N–H and O–H groups in total. The van der Waals surface area contributed by atoms with Crippen molar-refractivity contribution in [2.75, 3.05) is 5.32 Å². The highest BCUT2D eigenvalue weighted by atomic mass is 32.1. The molecule has 1 aromatic carbocycles. The first-order valence-corrected chi connectivity index (χ1v) is 6.37. The molecule has 1 aromatic heterocycles. The number of carbonyl (C=O) groups is 3. The van der Waals surface area contributed by atoms with E-state index >= 15 is 0 Å². The number of nitrogens with one attached hydrogen (secondary N) is 1. The van der Waals surface area contributed by atoms with Gasteiger partial charge in [-0.25, -0.2) is 14.0 Å². The zero-order valence-electron chi connectivity index (χ0n) is 10.3. The van der Waals surface area contributed by atoms with Gasteiger partial charge in [-0.1, -0.05) is 12.1 Å². The van der Waals surface area contributed by atoms with E-state index in [1.807, 2.05) is 5.32 Å². The van der Waals surface area contributed by atoms with Crippen LogP contribution in [0.1, 0.15) is 9.67 Å². The van der Waals surface area contributed by atoms with Gasteiger partial charge in [-0.2, -0.15) is 0 Å². The van der Waals surface area contributed by atoms with Gasteiger partial charge in [0.25, 0.3) is 0 Å². The van der Waals surface area contributed by atoms with Crippen LogP contribution in [0.15, 0.2) is 30.3 Å². The number of anilines is 1. The molecule has 0 saturated heterocycles. The van der Waals surface area contributed by atoms with E-state index in [1.165, 1.54) is 30.3 Å². The Morgan fingerprint density at radius 2 is 1.71 bits per heavy atom. The summed E-state index contributed by atoms with van der Waals surface area (Å²) >= 11 is 0.851. The molecule has 0 spiro atoms. The van der Waals surface area contributed by atoms with Crippen molar-refractivity contribution in [2.45, 2.75) is 0 Å². The number of carbonyl (C=O) groups excluding carboxylic acids is 1. The predicted molar refractivity (Wildman–Crippen MR) is 72.9 cm³/mol. The highest BCUT2D eigenvalue weighted by Crippen LogP contribution is 2.34. The Morgan fingerprint density at radius 1 is 1.10 bits per heavy atom. The van der Waals surface area contributed by atoms with Crippen molar-refractivity contribution in [1.29, 1.82) is 0 Å². The molecule has 1 heterocycles. The maximum Gasteiger partial charge on any atom is 0.394 e. The number of hydrogen-bond acceptors (Lipinski definition) is 4. The average molecular weight is 309 g/mol. The van der Waals surface area contributed by atoms with Gasteiger partial charge in [0, 0.05) is 4.88 Å². The fourth-order valence-corrected chi connectivity index (χ4v) is 2.53. The lowest BCUT2D eigenvalue weighted by Gasteiger charge is -1.99. The summed E-state index contributed by atoms with van der Waals surface area (Å²) in [6.45, 7) is 0. The summed E-state index contributed by atoms with van der Waals surface area (Å²) in [5.41, 5.74) is 0.443. The second-order valence-electron chi connectivity index (χ2n) is 3.92. The zero-order valence-corrected chi connectivity index (χ0v) is 11.1. The Balaban J connectivity index is 2.41. The van der Waals surface area contributed by atoms with Gasteiger partial charge >= 0.3 is 17.8 Å². The van der Waals surface area contributed by atoms with Gasteiger partial charge in [-0.05, 0) is 23.8 Å². The molecule has 0 unspecified atom stereocenters. The van der Waals surface area contributed by atoms with Crippen LogP contribution in [-0.4, -0.2) is 28.1 Å². The lowest BCUT2D eigenvalue weighted by molar-refractivity contribution is -0.147. The number of carboxylic acid groups (broad SMARTS) is 2. The molecule has 0 saturated carbocycles. The molecule has 0 aliphatic carbocycles. The van der Waals surface area contributed by atoms with Crippen molar-refractivity contribution in [3.05, 3.63) is 41.0 Å². The lowest BCUT2D eigenvalue weighted by atomic mass is 10.2. The minimum atomic E-state index is -1.72. The van der Waals surface area contributed by atoms with Crippen molar-refractivity contribution in [2.24, 2.45) is 0 Å². The largest absolute Gasteiger partial charge is 0.477 e. The number of carboxylic acids is 2. The van der Waals surface area contributed by atoms with E-state index < -0.39 is 23.7 Å². The van der Waals surface area contributed by atoms with Crippen LogP contribution in [0.25, 0.3) is 10.4 Å². The molecular formula is C13H8FNO5S. The maximum atomic E-state index is 12.9. The van der Waals surface area contributed by atoms with Crippen molar-refractivity contribution < 1.29 is 29.0 Å². The highest BCUT2D eigenvalue weighted by molar-refractivity contribution is 7.18. The molecule has 1 amide bonds. The summed E-state index contributed by atoms with van der Waals surface area (Å²) in [4.78, 5) is 33.0. The van der Waals surface area contributed by atoms with Crippen molar-refractivity contribution in [3.63, 3.8) is 0 Å². The number of aromatic carboxylic acids is 1. The Bertz CT molecular complexity index is 723. The summed E-state index contributed by atoms with van der Waals surface area (Å²) < 4.78 is 12.9. The first-order valence-electron chi connectivity index (χ1n) is 5.56. The second-order valence-corrected chi connectivity index (χ2v) is 4.98. The Labute approximate surface area is 121 Å². The van der Waals surface area contributed by atoms with Crippen LogP contribution >= 0.6 is 11.3 Å². The van der Waals surface area contributed by atoms with Crippen LogP contribution in [0.2, 0.25) is 0 Å². The third kappa shape index (κ3) is 3.23. The first-order chi connectivity index (χ1) is 9.88. The van der Waals surface area contributed by atoms with E-state index in [1.54, 1.807) is 0 Å². The number of hydrogen-bond donors (Lipinski definition) is 3. The first kappa shape index (κ1) is 14.7. The molecule has 108 valence electrons. The van der Waals surface area contributed by atoms with Crippen LogP contribution in [0, 0.1) is 5.82 Å². The molecule has 0 aliphatic heterocycles. The Hall–Kier alpha value is -2.74. The minimum Gasteiger partial charge on any atom is -0.477 e. The zero-order chi connectivity index (χ0) is 15.6. The van der Waals surface area contributed by atoms with E-state index in [0.717, 1.165) is 11.3 Å². The SMILES string of the molecule is O=C(O)C(=O)Nc1cc(-c2ccc(F)cc2)sc1C(=O)O. The summed E-state index contributed by atoms with van der Waals surface area (Å²) in [6.07, 6.45) is 0. The Kier molecular flexibility index (Phi) is 3.99. The predicted octanol–water partition coefficient (Wildman–Crippen LogP) is 2.28. The molecule has 6 nitrogen and oxygen atoms in total. The van der Waals surface area contributed by atoms with E-state index in [4.69, 9.17) is 10.2 Å². The van der Waals surface area contributed by atoms with Crippen LogP contribution in [-0.2, 0) is 9.59 Å². The van der Waals surface area contributed by atoms with Gasteiger partial charge in [0.15, 0.2) is 0 Å². The maximum absolute atomic E-state index is 12.9. The number of amides is 1. The third-order valence-electron chi connectivity index (χ3n) is 2.50. The molecule has 0 atom stereocenters. The standard InChI is InChI=1S/C13H8FNO5S/c14-7-3-1-6(2-4-7)9-5-8(10(21-9)12(17)18)15-11(16)13(19)20/h1-5H,(H,15,16)(H,17,18)(H,19,20). The number of benzene rings is 1. The van der Waals surface area contributed by atoms with E-state index in [2.05, 4.69) is 0 Å². The fraction of sp³-hybridized carbons (Fsp3) is 0. The van der Waals surface area contributed by atoms with Crippen molar-refractivity contribution >= 4 is 34.9 Å². The van der Waals surface area contributed by atoms with E-state index in [9.17, 15) is 18.8 Å². The number of halogens is 1. The number of rotatable bonds is 3. The summed E-state index contributed by atoms with van der Waals surface area (Å²) in [6, 6.07) is 6.67. The molecule has 0 radical (unpaired) electrons. The highest BCUT2D eigenvalue weighted by Gasteiger charge is 2.20. The topological polar surface area (TPSA) is 104 Å². The molecule has 0 fully saturated rings. The van der Waals surface area contributed by atoms with E-state index in [-0.39, 0.29) is 10.6 Å². The second kappa shape index (κ2) is 5.71. The van der Waals surface area contributed by atoms with Gasteiger partial charge in [-0.3, -0.25) is 4.79 Å². The van der Waals surface area contributed by atoms with Crippen molar-refractivity contribution in [3.8, 4) is 10.4 Å². The summed E-state index contributed by atoms with van der Waals surface area (Å²) in [5.74, 6) is -4.79. The summed E-state index contributed by atoms with van der Waals surface area (Å²) in [5, 5.41) is 19.6. The van der Waals surface area contributed by atoms with Crippen LogP contribution in [0.3, 0.4) is 0 Å². The van der Waals surface area contributed by atoms with E-state index in [0.29, 0.717) is 10.4 Å². The molecule has 2 rings (SSSR count). The van der Waals surface area contributed by atoms with Crippen LogP contribution in [0.5, 0.6) is 0 Å². The van der Waals surface area contributed by atoms with Crippen molar-refractivity contribution in [1.82, 2.24) is 0 Å². The Morgan fingerprint density at radius 3 is 2.24 bits per heavy atom. The van der Waals surface area contributed by atoms with Crippen LogP contribution < -0.4 is 5.32 Å². The van der Waals surface area contributed by atoms with Gasteiger partial charge in [0.1, 0.15) is 10.7 Å². The molecule has 8 heteroatoms. The quantitative estimate of drug-likeness (QED) is 0.755. The molecule has 2 aromatic rings. The number of thiophene rings is 1. The molecule has 21 heavy (non-hydrogen) atoms. The molecule has 0 aliphatic rings. The smallest absolute Gasteiger partial charge is 0.394 e. The monoisotopic (exact) mass is 309 g/mol. The summed E-state index contributed by atoms with van der Waals surface area (Å²) in [7, 11) is 0. The van der Waals surface area contributed by atoms with Crippen LogP contribution in [0.4, 0.5) is 10.1 Å². The van der Waals surface area contributed by atoms with Gasteiger partial charge in [-0.15, -0.1) is 11.3 Å². The van der Waals surface area contributed by atoms with Gasteiger partial charge in [0.05, 0.1) is 5.69 Å². The van der Waals surface area contributed by atoms with Gasteiger partial charge < -0.3 is 15.5 Å². The fourth-order valence-electron chi connectivity index (χ4n) is 1.57. The van der Waals surface area contributed by atoms with Gasteiger partial charge in [0.2, 0.25) is 0 Å². The minimum absolute atomic E-state index is 0.112. The average Bonchev–Trinajstić information content (AvgIpc) is 2.83. The molecular weight excluding hydrogens is 301 g/mol. The molecule has 0 bridgehead atoms. The number of aliphatic carboxylic acids is 1. The normalized spacial score (nSPS) is 10.1. The lowest BCUT2D eigenvalue weighted by Crippen LogP contribution is -2.22.